The molecule has 1 aromatic rings. The Labute approximate surface area is 126 Å². The number of hydrogen-bond donors (Lipinski definition) is 1. The summed E-state index contributed by atoms with van der Waals surface area (Å²) in [5.41, 5.74) is 0.317. The fourth-order valence-electron chi connectivity index (χ4n) is 1.87. The maximum Gasteiger partial charge on any atom is 0.274 e. The number of aromatic nitrogens is 2. The highest BCUT2D eigenvalue weighted by Crippen LogP contribution is 2.04. The van der Waals surface area contributed by atoms with Crippen molar-refractivity contribution in [3.63, 3.8) is 0 Å². The molecule has 6 heteroatoms. The smallest absolute Gasteiger partial charge is 0.274 e. The van der Waals surface area contributed by atoms with E-state index in [1.165, 1.54) is 18.6 Å². The molecule has 1 heterocycles. The van der Waals surface area contributed by atoms with Crippen molar-refractivity contribution in [3.8, 4) is 0 Å². The fourth-order valence-corrected chi connectivity index (χ4v) is 1.87. The lowest BCUT2D eigenvalue weighted by atomic mass is 10.2. The van der Waals surface area contributed by atoms with Gasteiger partial charge in [0.1, 0.15) is 5.69 Å². The second-order valence-corrected chi connectivity index (χ2v) is 5.21. The minimum absolute atomic E-state index is 0.0431. The Hall–Kier alpha value is -1.98. The zero-order valence-electron chi connectivity index (χ0n) is 13.0. The Bertz CT molecular complexity index is 448. The van der Waals surface area contributed by atoms with Crippen molar-refractivity contribution in [3.05, 3.63) is 24.3 Å². The molecule has 0 fully saturated rings. The highest BCUT2D eigenvalue weighted by Gasteiger charge is 2.17. The monoisotopic (exact) mass is 292 g/mol. The van der Waals surface area contributed by atoms with E-state index in [9.17, 15) is 9.59 Å². The minimum atomic E-state index is -0.172. The van der Waals surface area contributed by atoms with E-state index >= 15 is 0 Å². The van der Waals surface area contributed by atoms with Crippen LogP contribution in [-0.2, 0) is 4.79 Å². The Kier molecular flexibility index (Phi) is 7.36. The van der Waals surface area contributed by atoms with Gasteiger partial charge in [-0.2, -0.15) is 0 Å². The summed E-state index contributed by atoms with van der Waals surface area (Å²) < 4.78 is 0. The zero-order valence-corrected chi connectivity index (χ0v) is 13.0. The van der Waals surface area contributed by atoms with Gasteiger partial charge in [0.25, 0.3) is 5.91 Å². The van der Waals surface area contributed by atoms with E-state index in [-0.39, 0.29) is 17.9 Å². The molecule has 0 aliphatic heterocycles. The maximum absolute atomic E-state index is 12.4. The number of carbonyl (C=O) groups excluding carboxylic acids is 2. The molecule has 0 atom stereocenters. The largest absolute Gasteiger partial charge is 0.354 e. The lowest BCUT2D eigenvalue weighted by Crippen LogP contribution is -2.37. The van der Waals surface area contributed by atoms with Crippen LogP contribution in [0.3, 0.4) is 0 Å². The second-order valence-electron chi connectivity index (χ2n) is 5.21. The lowest BCUT2D eigenvalue weighted by Gasteiger charge is -2.22. The first-order valence-electron chi connectivity index (χ1n) is 7.39. The summed E-state index contributed by atoms with van der Waals surface area (Å²) in [4.78, 5) is 33.7. The Morgan fingerprint density at radius 3 is 2.62 bits per heavy atom. The van der Waals surface area contributed by atoms with E-state index in [1.807, 2.05) is 13.8 Å². The molecule has 1 aromatic heterocycles. The third-order valence-electron chi connectivity index (χ3n) is 2.91. The molecule has 21 heavy (non-hydrogen) atoms. The van der Waals surface area contributed by atoms with Crippen LogP contribution in [0.4, 0.5) is 0 Å². The average molecular weight is 292 g/mol. The summed E-state index contributed by atoms with van der Waals surface area (Å²) in [6, 6.07) is 0.109. The molecule has 0 aliphatic carbocycles. The van der Waals surface area contributed by atoms with E-state index in [2.05, 4.69) is 22.2 Å². The van der Waals surface area contributed by atoms with E-state index in [0.717, 1.165) is 12.8 Å². The molecule has 0 unspecified atom stereocenters. The van der Waals surface area contributed by atoms with Gasteiger partial charge in [-0.3, -0.25) is 14.6 Å². The van der Waals surface area contributed by atoms with Crippen molar-refractivity contribution in [2.24, 2.45) is 0 Å². The van der Waals surface area contributed by atoms with E-state index in [4.69, 9.17) is 0 Å². The van der Waals surface area contributed by atoms with E-state index < -0.39 is 0 Å². The van der Waals surface area contributed by atoms with Gasteiger partial charge in [0.15, 0.2) is 0 Å². The van der Waals surface area contributed by atoms with Crippen LogP contribution in [0.15, 0.2) is 18.6 Å². The summed E-state index contributed by atoms with van der Waals surface area (Å²) in [6.07, 6.45) is 6.67. The molecule has 0 saturated heterocycles. The van der Waals surface area contributed by atoms with Gasteiger partial charge in [0.2, 0.25) is 5.91 Å². The normalized spacial score (nSPS) is 10.5. The summed E-state index contributed by atoms with van der Waals surface area (Å²) in [6.45, 7) is 6.92. The van der Waals surface area contributed by atoms with Crippen molar-refractivity contribution in [2.45, 2.75) is 46.1 Å². The zero-order chi connectivity index (χ0) is 15.7. The average Bonchev–Trinajstić information content (AvgIpc) is 2.47. The predicted molar refractivity (Wildman–Crippen MR) is 80.7 cm³/mol. The van der Waals surface area contributed by atoms with Gasteiger partial charge in [-0.25, -0.2) is 4.98 Å². The predicted octanol–water partition coefficient (Wildman–Crippen LogP) is 1.63. The molecule has 1 N–H and O–H groups in total. The van der Waals surface area contributed by atoms with Gasteiger partial charge in [-0.15, -0.1) is 0 Å². The molecule has 2 amide bonds. The summed E-state index contributed by atoms with van der Waals surface area (Å²) >= 11 is 0. The van der Waals surface area contributed by atoms with Crippen LogP contribution in [0.5, 0.6) is 0 Å². The number of unbranched alkanes of at least 4 members (excludes halogenated alkanes) is 1. The molecule has 116 valence electrons. The van der Waals surface area contributed by atoms with E-state index in [1.54, 1.807) is 4.90 Å². The molecule has 0 aromatic carbocycles. The molecule has 0 spiro atoms. The van der Waals surface area contributed by atoms with Gasteiger partial charge >= 0.3 is 0 Å². The summed E-state index contributed by atoms with van der Waals surface area (Å²) in [7, 11) is 0. The van der Waals surface area contributed by atoms with Crippen molar-refractivity contribution in [1.82, 2.24) is 20.2 Å². The van der Waals surface area contributed by atoms with Crippen LogP contribution < -0.4 is 5.32 Å². The molecule has 6 nitrogen and oxygen atoms in total. The fraction of sp³-hybridized carbons (Fsp3) is 0.600. The Balaban J connectivity index is 2.63. The SMILES string of the molecule is CCCCN(CCC(=O)NC(C)C)C(=O)c1cnccn1. The number of nitrogens with one attached hydrogen (secondary N) is 1. The van der Waals surface area contributed by atoms with Gasteiger partial charge in [0, 0.05) is 37.9 Å². The molecule has 1 rings (SSSR count). The maximum atomic E-state index is 12.4. The third kappa shape index (κ3) is 6.33. The Morgan fingerprint density at radius 1 is 1.29 bits per heavy atom. The molecule has 0 saturated carbocycles. The molecular formula is C15H24N4O2. The van der Waals surface area contributed by atoms with Crippen molar-refractivity contribution < 1.29 is 9.59 Å². The third-order valence-corrected chi connectivity index (χ3v) is 2.91. The van der Waals surface area contributed by atoms with Crippen molar-refractivity contribution in [1.29, 1.82) is 0 Å². The van der Waals surface area contributed by atoms with Crippen LogP contribution in [-0.4, -0.2) is 45.8 Å². The topological polar surface area (TPSA) is 75.2 Å². The number of rotatable bonds is 8. The van der Waals surface area contributed by atoms with Crippen LogP contribution >= 0.6 is 0 Å². The number of amides is 2. The highest BCUT2D eigenvalue weighted by atomic mass is 16.2. The van der Waals surface area contributed by atoms with Crippen LogP contribution in [0.25, 0.3) is 0 Å². The van der Waals surface area contributed by atoms with Crippen LogP contribution in [0.2, 0.25) is 0 Å². The number of carbonyl (C=O) groups is 2. The van der Waals surface area contributed by atoms with E-state index in [0.29, 0.717) is 25.2 Å². The Morgan fingerprint density at radius 2 is 2.05 bits per heavy atom. The minimum Gasteiger partial charge on any atom is -0.354 e. The van der Waals surface area contributed by atoms with Crippen LogP contribution in [0.1, 0.15) is 50.5 Å². The van der Waals surface area contributed by atoms with Gasteiger partial charge in [-0.05, 0) is 20.3 Å². The van der Waals surface area contributed by atoms with Crippen molar-refractivity contribution >= 4 is 11.8 Å². The first-order valence-corrected chi connectivity index (χ1v) is 7.39. The van der Waals surface area contributed by atoms with Crippen molar-refractivity contribution in [2.75, 3.05) is 13.1 Å². The number of nitrogens with zero attached hydrogens (tertiary/aromatic N) is 3. The van der Waals surface area contributed by atoms with Gasteiger partial charge < -0.3 is 10.2 Å². The highest BCUT2D eigenvalue weighted by molar-refractivity contribution is 5.92. The molecular weight excluding hydrogens is 268 g/mol. The number of hydrogen-bond acceptors (Lipinski definition) is 4. The molecule has 0 bridgehead atoms. The van der Waals surface area contributed by atoms with Gasteiger partial charge in [-0.1, -0.05) is 13.3 Å². The summed E-state index contributed by atoms with van der Waals surface area (Å²) in [5, 5.41) is 2.83. The standard InChI is InChI=1S/C15H24N4O2/c1-4-5-9-19(10-6-14(20)18-12(2)3)15(21)13-11-16-7-8-17-13/h7-8,11-12H,4-6,9-10H2,1-3H3,(H,18,20). The lowest BCUT2D eigenvalue weighted by molar-refractivity contribution is -0.121. The quantitative estimate of drug-likeness (QED) is 0.790. The van der Waals surface area contributed by atoms with Gasteiger partial charge in [0.05, 0.1) is 6.20 Å². The summed E-state index contributed by atoms with van der Waals surface area (Å²) in [5.74, 6) is -0.215. The molecule has 0 radical (unpaired) electrons. The van der Waals surface area contributed by atoms with Crippen LogP contribution in [0, 0.1) is 0 Å². The first-order chi connectivity index (χ1) is 10.0. The first kappa shape index (κ1) is 17.1. The second kappa shape index (κ2) is 9.05. The molecule has 0 aliphatic rings.